The van der Waals surface area contributed by atoms with Gasteiger partial charge in [0.2, 0.25) is 5.43 Å². The molecule has 0 saturated heterocycles. The maximum atomic E-state index is 12.5. The van der Waals surface area contributed by atoms with Gasteiger partial charge in [0.15, 0.2) is 0 Å². The number of methoxy groups -OCH3 is 1. The van der Waals surface area contributed by atoms with Crippen molar-refractivity contribution in [2.75, 3.05) is 7.11 Å². The topological polar surface area (TPSA) is 79.9 Å². The summed E-state index contributed by atoms with van der Waals surface area (Å²) in [4.78, 5) is 12.5. The zero-order valence-corrected chi connectivity index (χ0v) is 11.2. The molecule has 0 bridgehead atoms. The van der Waals surface area contributed by atoms with Gasteiger partial charge in [-0.1, -0.05) is 12.1 Å². The Bertz CT molecular complexity index is 879. The van der Waals surface area contributed by atoms with Crippen molar-refractivity contribution >= 4 is 11.0 Å². The quantitative estimate of drug-likeness (QED) is 0.756. The van der Waals surface area contributed by atoms with Crippen LogP contribution in [-0.4, -0.2) is 17.3 Å². The van der Waals surface area contributed by atoms with Crippen LogP contribution < -0.4 is 10.2 Å². The van der Waals surface area contributed by atoms with E-state index in [0.717, 1.165) is 6.07 Å². The highest BCUT2D eigenvalue weighted by molar-refractivity contribution is 5.88. The van der Waals surface area contributed by atoms with E-state index in [1.54, 1.807) is 24.3 Å². The lowest BCUT2D eigenvalue weighted by Crippen LogP contribution is -2.05. The van der Waals surface area contributed by atoms with Gasteiger partial charge in [0.25, 0.3) is 0 Å². The summed E-state index contributed by atoms with van der Waals surface area (Å²) in [6.45, 7) is 0. The van der Waals surface area contributed by atoms with E-state index < -0.39 is 0 Å². The molecule has 2 N–H and O–H groups in total. The molecule has 0 fully saturated rings. The Morgan fingerprint density at radius 1 is 1.14 bits per heavy atom. The maximum absolute atomic E-state index is 12.5. The third-order valence-electron chi connectivity index (χ3n) is 3.22. The molecule has 106 valence electrons. The molecule has 5 nitrogen and oxygen atoms in total. The van der Waals surface area contributed by atoms with Crippen LogP contribution in [0.1, 0.15) is 0 Å². The standard InChI is InChI=1S/C16H12O5/c1-20-11-4-2-3-9(5-11)12-8-21-14-7-10(17)6-13(18)15(14)16(12)19/h2-8,17-18H,1H3. The summed E-state index contributed by atoms with van der Waals surface area (Å²) < 4.78 is 10.5. The van der Waals surface area contributed by atoms with E-state index in [0.29, 0.717) is 16.9 Å². The Morgan fingerprint density at radius 2 is 1.95 bits per heavy atom. The second-order valence-corrected chi connectivity index (χ2v) is 4.55. The minimum atomic E-state index is -0.373. The zero-order valence-electron chi connectivity index (χ0n) is 11.2. The Kier molecular flexibility index (Phi) is 3.02. The van der Waals surface area contributed by atoms with Gasteiger partial charge in [-0.3, -0.25) is 4.79 Å². The second kappa shape index (κ2) is 4.86. The Hall–Kier alpha value is -2.95. The SMILES string of the molecule is COc1cccc(-c2coc3cc(O)cc(O)c3c2=O)c1. The lowest BCUT2D eigenvalue weighted by Gasteiger charge is -2.06. The van der Waals surface area contributed by atoms with Crippen LogP contribution in [0.25, 0.3) is 22.1 Å². The van der Waals surface area contributed by atoms with Crippen LogP contribution in [0.15, 0.2) is 51.9 Å². The van der Waals surface area contributed by atoms with Gasteiger partial charge in [-0.05, 0) is 17.7 Å². The van der Waals surface area contributed by atoms with Gasteiger partial charge < -0.3 is 19.4 Å². The van der Waals surface area contributed by atoms with Crippen molar-refractivity contribution < 1.29 is 19.4 Å². The number of ether oxygens (including phenoxy) is 1. The van der Waals surface area contributed by atoms with E-state index in [-0.39, 0.29) is 27.9 Å². The fourth-order valence-corrected chi connectivity index (χ4v) is 2.21. The molecule has 0 amide bonds. The van der Waals surface area contributed by atoms with E-state index >= 15 is 0 Å². The highest BCUT2D eigenvalue weighted by Crippen LogP contribution is 2.30. The summed E-state index contributed by atoms with van der Waals surface area (Å²) in [6.07, 6.45) is 1.30. The summed E-state index contributed by atoms with van der Waals surface area (Å²) >= 11 is 0. The van der Waals surface area contributed by atoms with Crippen LogP contribution in [0, 0.1) is 0 Å². The third-order valence-corrected chi connectivity index (χ3v) is 3.22. The van der Waals surface area contributed by atoms with E-state index in [1.807, 2.05) is 0 Å². The van der Waals surface area contributed by atoms with Crippen molar-refractivity contribution in [2.24, 2.45) is 0 Å². The Balaban J connectivity index is 2.29. The zero-order chi connectivity index (χ0) is 15.0. The summed E-state index contributed by atoms with van der Waals surface area (Å²) in [6, 6.07) is 9.37. The molecule has 1 heterocycles. The molecule has 0 atom stereocenters. The number of benzene rings is 2. The fraction of sp³-hybridized carbons (Fsp3) is 0.0625. The third kappa shape index (κ3) is 2.18. The highest BCUT2D eigenvalue weighted by Gasteiger charge is 2.14. The highest BCUT2D eigenvalue weighted by atomic mass is 16.5. The number of aromatic hydroxyl groups is 2. The molecule has 3 rings (SSSR count). The van der Waals surface area contributed by atoms with E-state index in [4.69, 9.17) is 9.15 Å². The monoisotopic (exact) mass is 284 g/mol. The average molecular weight is 284 g/mol. The Labute approximate surface area is 119 Å². The molecular weight excluding hydrogens is 272 g/mol. The van der Waals surface area contributed by atoms with Crippen molar-refractivity contribution in [1.82, 2.24) is 0 Å². The van der Waals surface area contributed by atoms with E-state index in [2.05, 4.69) is 0 Å². The first-order valence-electron chi connectivity index (χ1n) is 6.22. The molecule has 0 aliphatic heterocycles. The van der Waals surface area contributed by atoms with Gasteiger partial charge in [-0.25, -0.2) is 0 Å². The predicted molar refractivity (Wildman–Crippen MR) is 77.8 cm³/mol. The van der Waals surface area contributed by atoms with Crippen molar-refractivity contribution in [3.63, 3.8) is 0 Å². The smallest absolute Gasteiger partial charge is 0.204 e. The summed E-state index contributed by atoms with van der Waals surface area (Å²) in [5, 5.41) is 19.3. The second-order valence-electron chi connectivity index (χ2n) is 4.55. The number of fused-ring (bicyclic) bond motifs is 1. The van der Waals surface area contributed by atoms with Crippen LogP contribution in [-0.2, 0) is 0 Å². The first-order chi connectivity index (χ1) is 10.1. The van der Waals surface area contributed by atoms with Crippen LogP contribution in [0.2, 0.25) is 0 Å². The lowest BCUT2D eigenvalue weighted by atomic mass is 10.0. The number of hydrogen-bond acceptors (Lipinski definition) is 5. The molecule has 21 heavy (non-hydrogen) atoms. The molecule has 0 unspecified atom stereocenters. The van der Waals surface area contributed by atoms with Crippen molar-refractivity contribution in [1.29, 1.82) is 0 Å². The van der Waals surface area contributed by atoms with Gasteiger partial charge in [-0.2, -0.15) is 0 Å². The van der Waals surface area contributed by atoms with Crippen molar-refractivity contribution in [3.05, 3.63) is 52.9 Å². The minimum Gasteiger partial charge on any atom is -0.508 e. The van der Waals surface area contributed by atoms with Gasteiger partial charge in [0.05, 0.1) is 12.7 Å². The minimum absolute atomic E-state index is 0.0353. The summed E-state index contributed by atoms with van der Waals surface area (Å²) in [5.74, 6) is 0.128. The molecule has 1 aromatic heterocycles. The molecule has 3 aromatic rings. The van der Waals surface area contributed by atoms with Gasteiger partial charge in [0, 0.05) is 12.1 Å². The van der Waals surface area contributed by atoms with Gasteiger partial charge in [-0.15, -0.1) is 0 Å². The summed E-state index contributed by atoms with van der Waals surface area (Å²) in [5.41, 5.74) is 0.686. The van der Waals surface area contributed by atoms with Crippen molar-refractivity contribution in [2.45, 2.75) is 0 Å². The number of phenolic OH excluding ortho intramolecular Hbond substituents is 2. The van der Waals surface area contributed by atoms with E-state index in [1.165, 1.54) is 19.4 Å². The Morgan fingerprint density at radius 3 is 2.71 bits per heavy atom. The van der Waals surface area contributed by atoms with Crippen LogP contribution >= 0.6 is 0 Å². The van der Waals surface area contributed by atoms with Crippen LogP contribution in [0.5, 0.6) is 17.2 Å². The number of rotatable bonds is 2. The van der Waals surface area contributed by atoms with E-state index in [9.17, 15) is 15.0 Å². The number of phenols is 2. The molecule has 5 heteroatoms. The lowest BCUT2D eigenvalue weighted by molar-refractivity contribution is 0.415. The summed E-state index contributed by atoms with van der Waals surface area (Å²) in [7, 11) is 1.54. The van der Waals surface area contributed by atoms with Gasteiger partial charge >= 0.3 is 0 Å². The molecule has 0 aliphatic rings. The molecule has 0 radical (unpaired) electrons. The molecule has 0 saturated carbocycles. The predicted octanol–water partition coefficient (Wildman–Crippen LogP) is 2.88. The maximum Gasteiger partial charge on any atom is 0.204 e. The van der Waals surface area contributed by atoms with Gasteiger partial charge in [0.1, 0.15) is 34.5 Å². The van der Waals surface area contributed by atoms with Crippen molar-refractivity contribution in [3.8, 4) is 28.4 Å². The molecular formula is C16H12O5. The normalized spacial score (nSPS) is 10.7. The first-order valence-corrected chi connectivity index (χ1v) is 6.22. The largest absolute Gasteiger partial charge is 0.508 e. The molecule has 2 aromatic carbocycles. The number of hydrogen-bond donors (Lipinski definition) is 2. The van der Waals surface area contributed by atoms with Crippen LogP contribution in [0.4, 0.5) is 0 Å². The van der Waals surface area contributed by atoms with Crippen LogP contribution in [0.3, 0.4) is 0 Å². The molecule has 0 aliphatic carbocycles. The first kappa shape index (κ1) is 13.1. The fourth-order valence-electron chi connectivity index (χ4n) is 2.21. The average Bonchev–Trinajstić information content (AvgIpc) is 2.47. The molecule has 0 spiro atoms.